The van der Waals surface area contributed by atoms with Gasteiger partial charge < -0.3 is 10.6 Å². The first-order valence-electron chi connectivity index (χ1n) is 7.67. The summed E-state index contributed by atoms with van der Waals surface area (Å²) in [6.07, 6.45) is 0.928. The van der Waals surface area contributed by atoms with Crippen molar-refractivity contribution in [3.05, 3.63) is 59.7 Å². The molecule has 0 atom stereocenters. The van der Waals surface area contributed by atoms with Crippen LogP contribution in [0.5, 0.6) is 0 Å². The van der Waals surface area contributed by atoms with Crippen molar-refractivity contribution in [1.29, 1.82) is 0 Å². The Bertz CT molecular complexity index is 708. The van der Waals surface area contributed by atoms with Gasteiger partial charge in [-0.1, -0.05) is 17.7 Å². The monoisotopic (exact) mass is 309 g/mol. The molecule has 0 spiro atoms. The lowest BCUT2D eigenvalue weighted by molar-refractivity contribution is 0.102. The Hall–Kier alpha value is -2.82. The fraction of sp³-hybridized carbons (Fsp3) is 0.222. The molecule has 0 unspecified atom stereocenters. The maximum Gasteiger partial charge on any atom is 0.321 e. The van der Waals surface area contributed by atoms with Crippen LogP contribution < -0.4 is 15.5 Å². The second-order valence-corrected chi connectivity index (χ2v) is 5.60. The number of hydrogen-bond donors (Lipinski definition) is 2. The zero-order valence-corrected chi connectivity index (χ0v) is 13.0. The maximum atomic E-state index is 12.2. The van der Waals surface area contributed by atoms with E-state index in [1.54, 1.807) is 17.0 Å². The van der Waals surface area contributed by atoms with Gasteiger partial charge in [-0.15, -0.1) is 0 Å². The van der Waals surface area contributed by atoms with Crippen molar-refractivity contribution in [2.45, 2.75) is 13.3 Å². The van der Waals surface area contributed by atoms with Gasteiger partial charge in [0.05, 0.1) is 0 Å². The van der Waals surface area contributed by atoms with Gasteiger partial charge in [0, 0.05) is 30.0 Å². The van der Waals surface area contributed by atoms with Crippen molar-refractivity contribution in [2.75, 3.05) is 23.3 Å². The van der Waals surface area contributed by atoms with Crippen LogP contribution >= 0.6 is 0 Å². The lowest BCUT2D eigenvalue weighted by Gasteiger charge is -2.27. The highest BCUT2D eigenvalue weighted by molar-refractivity contribution is 6.04. The zero-order valence-electron chi connectivity index (χ0n) is 13.0. The van der Waals surface area contributed by atoms with Gasteiger partial charge >= 0.3 is 6.03 Å². The van der Waals surface area contributed by atoms with Crippen LogP contribution in [0.1, 0.15) is 22.3 Å². The highest BCUT2D eigenvalue weighted by atomic mass is 16.2. The predicted molar refractivity (Wildman–Crippen MR) is 90.9 cm³/mol. The molecule has 118 valence electrons. The Morgan fingerprint density at radius 2 is 1.78 bits per heavy atom. The Labute approximate surface area is 135 Å². The van der Waals surface area contributed by atoms with Crippen molar-refractivity contribution in [3.8, 4) is 0 Å². The molecule has 1 heterocycles. The summed E-state index contributed by atoms with van der Waals surface area (Å²) in [5, 5.41) is 5.68. The van der Waals surface area contributed by atoms with Crippen LogP contribution in [-0.4, -0.2) is 25.0 Å². The molecule has 0 radical (unpaired) electrons. The number of nitrogens with one attached hydrogen (secondary N) is 2. The molecule has 5 nitrogen and oxygen atoms in total. The van der Waals surface area contributed by atoms with Crippen molar-refractivity contribution in [1.82, 2.24) is 5.32 Å². The van der Waals surface area contributed by atoms with Crippen LogP contribution in [0.2, 0.25) is 0 Å². The summed E-state index contributed by atoms with van der Waals surface area (Å²) in [7, 11) is 0. The second kappa shape index (κ2) is 6.52. The van der Waals surface area contributed by atoms with Gasteiger partial charge in [-0.3, -0.25) is 9.69 Å². The number of amides is 3. The van der Waals surface area contributed by atoms with Gasteiger partial charge in [0.2, 0.25) is 0 Å². The summed E-state index contributed by atoms with van der Waals surface area (Å²) in [4.78, 5) is 25.7. The van der Waals surface area contributed by atoms with Gasteiger partial charge in [0.25, 0.3) is 5.91 Å². The number of carbonyl (C=O) groups excluding carboxylic acids is 2. The van der Waals surface area contributed by atoms with E-state index in [-0.39, 0.29) is 11.9 Å². The number of benzene rings is 2. The van der Waals surface area contributed by atoms with E-state index in [2.05, 4.69) is 10.6 Å². The number of urea groups is 1. The topological polar surface area (TPSA) is 61.4 Å². The quantitative estimate of drug-likeness (QED) is 0.915. The van der Waals surface area contributed by atoms with Crippen LogP contribution in [-0.2, 0) is 0 Å². The second-order valence-electron chi connectivity index (χ2n) is 5.60. The first-order valence-corrected chi connectivity index (χ1v) is 7.67. The van der Waals surface area contributed by atoms with E-state index in [0.29, 0.717) is 17.8 Å². The first kappa shape index (κ1) is 15.1. The molecule has 3 rings (SSSR count). The van der Waals surface area contributed by atoms with Crippen LogP contribution in [0.15, 0.2) is 48.5 Å². The zero-order chi connectivity index (χ0) is 16.2. The number of carbonyl (C=O) groups is 2. The average molecular weight is 309 g/mol. The van der Waals surface area contributed by atoms with Crippen molar-refractivity contribution >= 4 is 23.3 Å². The smallest absolute Gasteiger partial charge is 0.321 e. The standard InChI is InChI=1S/C18H19N3O2/c1-13-3-5-14(6-4-13)17(22)20-15-7-9-16(10-8-15)21-12-2-11-19-18(21)23/h3-10H,2,11-12H2,1H3,(H,19,23)(H,20,22). The fourth-order valence-corrected chi connectivity index (χ4v) is 2.51. The van der Waals surface area contributed by atoms with Crippen molar-refractivity contribution in [2.24, 2.45) is 0 Å². The van der Waals surface area contributed by atoms with Crippen LogP contribution in [0, 0.1) is 6.92 Å². The molecule has 5 heteroatoms. The minimum absolute atomic E-state index is 0.0762. The van der Waals surface area contributed by atoms with E-state index in [0.717, 1.165) is 24.2 Å². The number of nitrogens with zero attached hydrogens (tertiary/aromatic N) is 1. The molecule has 2 aromatic rings. The SMILES string of the molecule is Cc1ccc(C(=O)Nc2ccc(N3CCCNC3=O)cc2)cc1. The minimum Gasteiger partial charge on any atom is -0.338 e. The van der Waals surface area contributed by atoms with Crippen LogP contribution in [0.25, 0.3) is 0 Å². The van der Waals surface area contributed by atoms with Crippen molar-refractivity contribution < 1.29 is 9.59 Å². The minimum atomic E-state index is -0.145. The van der Waals surface area contributed by atoms with E-state index in [9.17, 15) is 9.59 Å². The molecular formula is C18H19N3O2. The Balaban J connectivity index is 1.68. The molecule has 0 saturated carbocycles. The Morgan fingerprint density at radius 3 is 2.43 bits per heavy atom. The van der Waals surface area contributed by atoms with E-state index < -0.39 is 0 Å². The highest BCUT2D eigenvalue weighted by Crippen LogP contribution is 2.20. The molecule has 1 fully saturated rings. The molecule has 0 bridgehead atoms. The van der Waals surface area contributed by atoms with Crippen LogP contribution in [0.3, 0.4) is 0 Å². The Morgan fingerprint density at radius 1 is 1.09 bits per heavy atom. The van der Waals surface area contributed by atoms with Gasteiger partial charge in [-0.05, 0) is 49.7 Å². The van der Waals surface area contributed by atoms with E-state index in [1.807, 2.05) is 43.3 Å². The van der Waals surface area contributed by atoms with E-state index in [4.69, 9.17) is 0 Å². The summed E-state index contributed by atoms with van der Waals surface area (Å²) in [6.45, 7) is 3.41. The summed E-state index contributed by atoms with van der Waals surface area (Å²) >= 11 is 0. The largest absolute Gasteiger partial charge is 0.338 e. The molecule has 0 aliphatic carbocycles. The third-order valence-corrected chi connectivity index (χ3v) is 3.83. The number of aryl methyl sites for hydroxylation is 1. The van der Waals surface area contributed by atoms with Gasteiger partial charge in [-0.2, -0.15) is 0 Å². The summed E-state index contributed by atoms with van der Waals surface area (Å²) in [6, 6.07) is 14.7. The predicted octanol–water partition coefficient (Wildman–Crippen LogP) is 3.17. The lowest BCUT2D eigenvalue weighted by atomic mass is 10.1. The molecule has 0 aromatic heterocycles. The molecular weight excluding hydrogens is 290 g/mol. The normalized spacial score (nSPS) is 14.3. The van der Waals surface area contributed by atoms with Gasteiger partial charge in [0.1, 0.15) is 0 Å². The van der Waals surface area contributed by atoms with E-state index >= 15 is 0 Å². The third kappa shape index (κ3) is 3.51. The number of hydrogen-bond acceptors (Lipinski definition) is 2. The number of anilines is 2. The summed E-state index contributed by atoms with van der Waals surface area (Å²) in [5.41, 5.74) is 3.27. The molecule has 1 aliphatic rings. The molecule has 2 aromatic carbocycles. The maximum absolute atomic E-state index is 12.2. The van der Waals surface area contributed by atoms with Crippen molar-refractivity contribution in [3.63, 3.8) is 0 Å². The lowest BCUT2D eigenvalue weighted by Crippen LogP contribution is -2.46. The first-order chi connectivity index (χ1) is 11.1. The molecule has 1 aliphatic heterocycles. The van der Waals surface area contributed by atoms with Gasteiger partial charge in [0.15, 0.2) is 0 Å². The molecule has 2 N–H and O–H groups in total. The molecule has 23 heavy (non-hydrogen) atoms. The average Bonchev–Trinajstić information content (AvgIpc) is 2.57. The van der Waals surface area contributed by atoms with Gasteiger partial charge in [-0.25, -0.2) is 4.79 Å². The fourth-order valence-electron chi connectivity index (χ4n) is 2.51. The summed E-state index contributed by atoms with van der Waals surface area (Å²) < 4.78 is 0. The van der Waals surface area contributed by atoms with Crippen LogP contribution in [0.4, 0.5) is 16.2 Å². The Kier molecular flexibility index (Phi) is 4.28. The molecule has 3 amide bonds. The molecule has 1 saturated heterocycles. The summed E-state index contributed by atoms with van der Waals surface area (Å²) in [5.74, 6) is -0.145. The number of rotatable bonds is 3. The third-order valence-electron chi connectivity index (χ3n) is 3.83. The van der Waals surface area contributed by atoms with E-state index in [1.165, 1.54) is 0 Å². The highest BCUT2D eigenvalue weighted by Gasteiger charge is 2.18.